The van der Waals surface area contributed by atoms with E-state index < -0.39 is 0 Å². The van der Waals surface area contributed by atoms with Gasteiger partial charge in [0.2, 0.25) is 0 Å². The van der Waals surface area contributed by atoms with Crippen molar-refractivity contribution in [2.24, 2.45) is 11.7 Å². The molecule has 1 fully saturated rings. The first-order valence-electron chi connectivity index (χ1n) is 4.83. The van der Waals surface area contributed by atoms with Gasteiger partial charge in [-0.2, -0.15) is 0 Å². The molecule has 1 saturated carbocycles. The SMILES string of the molecule is N[C@@]1(c2ccccc2Cl)C[C@H]1CCO. The largest absolute Gasteiger partial charge is 0.396 e. The van der Waals surface area contributed by atoms with Crippen molar-refractivity contribution in [2.45, 2.75) is 18.4 Å². The maximum absolute atomic E-state index is 8.84. The average Bonchev–Trinajstić information content (AvgIpc) is 2.79. The van der Waals surface area contributed by atoms with Crippen LogP contribution in [0, 0.1) is 5.92 Å². The molecule has 0 saturated heterocycles. The highest BCUT2D eigenvalue weighted by Gasteiger charge is 2.52. The fraction of sp³-hybridized carbons (Fsp3) is 0.455. The van der Waals surface area contributed by atoms with Gasteiger partial charge in [0.05, 0.1) is 0 Å². The molecular weight excluding hydrogens is 198 g/mol. The van der Waals surface area contributed by atoms with Crippen LogP contribution in [0.1, 0.15) is 18.4 Å². The molecule has 0 aromatic heterocycles. The van der Waals surface area contributed by atoms with Crippen molar-refractivity contribution in [3.63, 3.8) is 0 Å². The van der Waals surface area contributed by atoms with Gasteiger partial charge in [0.25, 0.3) is 0 Å². The first-order valence-corrected chi connectivity index (χ1v) is 5.21. The first-order chi connectivity index (χ1) is 6.68. The van der Waals surface area contributed by atoms with Crippen LogP contribution in [0.4, 0.5) is 0 Å². The third-order valence-electron chi connectivity index (χ3n) is 3.01. The van der Waals surface area contributed by atoms with Gasteiger partial charge in [0.1, 0.15) is 0 Å². The second-order valence-electron chi connectivity index (χ2n) is 3.93. The summed E-state index contributed by atoms with van der Waals surface area (Å²) in [7, 11) is 0. The van der Waals surface area contributed by atoms with Crippen LogP contribution in [0.2, 0.25) is 5.02 Å². The van der Waals surface area contributed by atoms with Gasteiger partial charge in [0.15, 0.2) is 0 Å². The zero-order valence-corrected chi connectivity index (χ0v) is 8.67. The fourth-order valence-electron chi connectivity index (χ4n) is 2.03. The minimum atomic E-state index is -0.291. The Bertz CT molecular complexity index is 342. The van der Waals surface area contributed by atoms with E-state index in [-0.39, 0.29) is 12.1 Å². The van der Waals surface area contributed by atoms with Gasteiger partial charge in [-0.1, -0.05) is 29.8 Å². The molecule has 1 aliphatic rings. The lowest BCUT2D eigenvalue weighted by atomic mass is 10.0. The Hall–Kier alpha value is -0.570. The summed E-state index contributed by atoms with van der Waals surface area (Å²) >= 11 is 6.07. The zero-order valence-electron chi connectivity index (χ0n) is 7.91. The van der Waals surface area contributed by atoms with Crippen molar-refractivity contribution in [2.75, 3.05) is 6.61 Å². The van der Waals surface area contributed by atoms with Crippen molar-refractivity contribution in [1.82, 2.24) is 0 Å². The third kappa shape index (κ3) is 1.54. The van der Waals surface area contributed by atoms with E-state index in [1.807, 2.05) is 24.3 Å². The molecule has 2 rings (SSSR count). The summed E-state index contributed by atoms with van der Waals surface area (Å²) in [6.45, 7) is 0.202. The van der Waals surface area contributed by atoms with E-state index in [2.05, 4.69) is 0 Å². The van der Waals surface area contributed by atoms with Gasteiger partial charge in [-0.3, -0.25) is 0 Å². The second-order valence-corrected chi connectivity index (χ2v) is 4.34. The van der Waals surface area contributed by atoms with E-state index in [1.165, 1.54) is 0 Å². The standard InChI is InChI=1S/C11H14ClNO/c12-10-4-2-1-3-9(10)11(13)7-8(11)5-6-14/h1-4,8,14H,5-7,13H2/t8-,11+/m1/s1. The fourth-order valence-corrected chi connectivity index (χ4v) is 2.34. The summed E-state index contributed by atoms with van der Waals surface area (Å²) in [6.07, 6.45) is 1.69. The summed E-state index contributed by atoms with van der Waals surface area (Å²) < 4.78 is 0. The predicted octanol–water partition coefficient (Wildman–Crippen LogP) is 1.90. The zero-order chi connectivity index (χ0) is 10.2. The Balaban J connectivity index is 2.21. The molecule has 1 aliphatic carbocycles. The maximum Gasteiger partial charge on any atom is 0.0458 e. The van der Waals surface area contributed by atoms with Gasteiger partial charge >= 0.3 is 0 Å². The van der Waals surface area contributed by atoms with Crippen LogP contribution in [0.25, 0.3) is 0 Å². The Kier molecular flexibility index (Phi) is 2.52. The second kappa shape index (κ2) is 3.54. The molecule has 0 aliphatic heterocycles. The van der Waals surface area contributed by atoms with E-state index in [4.69, 9.17) is 22.4 Å². The van der Waals surface area contributed by atoms with Crippen LogP contribution in [-0.4, -0.2) is 11.7 Å². The van der Waals surface area contributed by atoms with Crippen molar-refractivity contribution < 1.29 is 5.11 Å². The Morgan fingerprint density at radius 2 is 2.21 bits per heavy atom. The van der Waals surface area contributed by atoms with E-state index in [0.29, 0.717) is 5.92 Å². The lowest BCUT2D eigenvalue weighted by molar-refractivity contribution is 0.275. The number of aliphatic hydroxyl groups excluding tert-OH is 1. The molecule has 14 heavy (non-hydrogen) atoms. The highest BCUT2D eigenvalue weighted by atomic mass is 35.5. The Morgan fingerprint density at radius 3 is 2.86 bits per heavy atom. The molecule has 1 aromatic rings. The van der Waals surface area contributed by atoms with E-state index in [9.17, 15) is 0 Å². The lowest BCUT2D eigenvalue weighted by Gasteiger charge is -2.13. The molecule has 0 spiro atoms. The van der Waals surface area contributed by atoms with Crippen LogP contribution in [0.5, 0.6) is 0 Å². The molecule has 3 heteroatoms. The summed E-state index contributed by atoms with van der Waals surface area (Å²) in [5.41, 5.74) is 6.93. The average molecular weight is 212 g/mol. The van der Waals surface area contributed by atoms with Crippen LogP contribution >= 0.6 is 11.6 Å². The number of benzene rings is 1. The normalized spacial score (nSPS) is 30.4. The van der Waals surface area contributed by atoms with E-state index >= 15 is 0 Å². The number of hydrogen-bond acceptors (Lipinski definition) is 2. The minimum Gasteiger partial charge on any atom is -0.396 e. The number of hydrogen-bond donors (Lipinski definition) is 2. The summed E-state index contributed by atoms with van der Waals surface area (Å²) in [6, 6.07) is 7.68. The molecule has 0 unspecified atom stereocenters. The molecule has 0 radical (unpaired) electrons. The van der Waals surface area contributed by atoms with Gasteiger partial charge in [-0.25, -0.2) is 0 Å². The highest BCUT2D eigenvalue weighted by Crippen LogP contribution is 2.53. The molecule has 2 atom stereocenters. The molecule has 3 N–H and O–H groups in total. The third-order valence-corrected chi connectivity index (χ3v) is 3.34. The van der Waals surface area contributed by atoms with Crippen molar-refractivity contribution >= 4 is 11.6 Å². The predicted molar refractivity (Wildman–Crippen MR) is 57.1 cm³/mol. The van der Waals surface area contributed by atoms with E-state index in [0.717, 1.165) is 23.4 Å². The molecule has 0 bridgehead atoms. The van der Waals surface area contributed by atoms with Crippen molar-refractivity contribution in [1.29, 1.82) is 0 Å². The van der Waals surface area contributed by atoms with Gasteiger partial charge in [-0.15, -0.1) is 0 Å². The minimum absolute atomic E-state index is 0.202. The van der Waals surface area contributed by atoms with Crippen molar-refractivity contribution in [3.8, 4) is 0 Å². The first kappa shape index (κ1) is 9.97. The maximum atomic E-state index is 8.84. The van der Waals surface area contributed by atoms with Crippen LogP contribution in [-0.2, 0) is 5.54 Å². The molecule has 76 valence electrons. The molecule has 0 amide bonds. The van der Waals surface area contributed by atoms with Crippen LogP contribution < -0.4 is 5.73 Å². The smallest absolute Gasteiger partial charge is 0.0458 e. The monoisotopic (exact) mass is 211 g/mol. The molecule has 1 aromatic carbocycles. The number of aliphatic hydroxyl groups is 1. The lowest BCUT2D eigenvalue weighted by Crippen LogP contribution is -2.22. The quantitative estimate of drug-likeness (QED) is 0.802. The van der Waals surface area contributed by atoms with E-state index in [1.54, 1.807) is 0 Å². The Labute approximate surface area is 88.7 Å². The van der Waals surface area contributed by atoms with Crippen molar-refractivity contribution in [3.05, 3.63) is 34.9 Å². The van der Waals surface area contributed by atoms with Crippen LogP contribution in [0.3, 0.4) is 0 Å². The number of halogens is 1. The number of rotatable bonds is 3. The topological polar surface area (TPSA) is 46.2 Å². The Morgan fingerprint density at radius 1 is 1.50 bits per heavy atom. The van der Waals surface area contributed by atoms with Gasteiger partial charge < -0.3 is 10.8 Å². The van der Waals surface area contributed by atoms with Gasteiger partial charge in [0, 0.05) is 17.2 Å². The van der Waals surface area contributed by atoms with Gasteiger partial charge in [-0.05, 0) is 30.4 Å². The summed E-state index contributed by atoms with van der Waals surface area (Å²) in [4.78, 5) is 0. The summed E-state index contributed by atoms with van der Waals surface area (Å²) in [5, 5.41) is 9.57. The summed E-state index contributed by atoms with van der Waals surface area (Å²) in [5.74, 6) is 0.382. The molecule has 0 heterocycles. The molecule has 2 nitrogen and oxygen atoms in total. The highest BCUT2D eigenvalue weighted by molar-refractivity contribution is 6.31. The molecular formula is C11H14ClNO. The van der Waals surface area contributed by atoms with Crippen LogP contribution in [0.15, 0.2) is 24.3 Å². The number of nitrogens with two attached hydrogens (primary N) is 1.